The van der Waals surface area contributed by atoms with Gasteiger partial charge in [-0.2, -0.15) is 0 Å². The summed E-state index contributed by atoms with van der Waals surface area (Å²) in [6.07, 6.45) is 7.24. The molecule has 0 aromatic carbocycles. The summed E-state index contributed by atoms with van der Waals surface area (Å²) in [5.41, 5.74) is 2.12. The van der Waals surface area contributed by atoms with Crippen LogP contribution in [0.2, 0.25) is 0 Å². The molecule has 28 heavy (non-hydrogen) atoms. The second-order valence-electron chi connectivity index (χ2n) is 7.56. The van der Waals surface area contributed by atoms with Crippen LogP contribution >= 0.6 is 11.3 Å². The summed E-state index contributed by atoms with van der Waals surface area (Å²) in [6.45, 7) is 5.46. The van der Waals surface area contributed by atoms with Crippen molar-refractivity contribution < 1.29 is 14.4 Å². The van der Waals surface area contributed by atoms with E-state index in [9.17, 15) is 4.79 Å². The van der Waals surface area contributed by atoms with Crippen LogP contribution in [-0.4, -0.2) is 64.9 Å². The Morgan fingerprint density at radius 3 is 3.04 bits per heavy atom. The molecule has 1 aliphatic carbocycles. The van der Waals surface area contributed by atoms with E-state index in [-0.39, 0.29) is 11.7 Å². The molecule has 0 bridgehead atoms. The molecule has 2 N–H and O–H groups in total. The average Bonchev–Trinajstić information content (AvgIpc) is 3.32. The Hall–Kier alpha value is -2.10. The van der Waals surface area contributed by atoms with Crippen molar-refractivity contribution in [3.8, 4) is 0 Å². The first-order valence-electron chi connectivity index (χ1n) is 10.1. The second kappa shape index (κ2) is 7.73. The largest absolute Gasteiger partial charge is 0.370 e. The number of hydrogen-bond acceptors (Lipinski definition) is 6. The van der Waals surface area contributed by atoms with Gasteiger partial charge in [-0.15, -0.1) is 16.4 Å². The number of aromatic nitrogens is 4. The Balaban J connectivity index is 1.29. The first-order valence-corrected chi connectivity index (χ1v) is 11.0. The lowest BCUT2D eigenvalue weighted by molar-refractivity contribution is -0.908. The Labute approximate surface area is 166 Å². The van der Waals surface area contributed by atoms with E-state index >= 15 is 0 Å². The summed E-state index contributed by atoms with van der Waals surface area (Å²) in [7, 11) is 0. The van der Waals surface area contributed by atoms with E-state index in [0.717, 1.165) is 68.0 Å². The minimum Gasteiger partial charge on any atom is -0.370 e. The fourth-order valence-electron chi connectivity index (χ4n) is 4.18. The van der Waals surface area contributed by atoms with Gasteiger partial charge in [0.05, 0.1) is 25.1 Å². The SMILES string of the molecule is O=C(NCCC[NH+]1CCOCC1)c1nc2c3c4c(sc3ncn2n1)CCCC4. The van der Waals surface area contributed by atoms with Gasteiger partial charge in [0.2, 0.25) is 5.82 Å². The predicted molar refractivity (Wildman–Crippen MR) is 106 cm³/mol. The van der Waals surface area contributed by atoms with Crippen molar-refractivity contribution >= 4 is 33.1 Å². The summed E-state index contributed by atoms with van der Waals surface area (Å²) >= 11 is 1.76. The lowest BCUT2D eigenvalue weighted by Crippen LogP contribution is -3.14. The molecule has 0 atom stereocenters. The van der Waals surface area contributed by atoms with Gasteiger partial charge in [0.15, 0.2) is 5.65 Å². The molecule has 9 heteroatoms. The molecule has 5 rings (SSSR count). The third-order valence-electron chi connectivity index (χ3n) is 5.69. The number of nitrogens with one attached hydrogen (secondary N) is 2. The lowest BCUT2D eigenvalue weighted by Gasteiger charge is -2.23. The normalized spacial score (nSPS) is 17.9. The molecule has 0 radical (unpaired) electrons. The van der Waals surface area contributed by atoms with Crippen LogP contribution in [0.15, 0.2) is 6.33 Å². The highest BCUT2D eigenvalue weighted by molar-refractivity contribution is 7.19. The van der Waals surface area contributed by atoms with Crippen LogP contribution in [-0.2, 0) is 17.6 Å². The first-order chi connectivity index (χ1) is 13.8. The molecular weight excluding hydrogens is 376 g/mol. The van der Waals surface area contributed by atoms with Crippen molar-refractivity contribution in [1.82, 2.24) is 24.9 Å². The quantitative estimate of drug-likeness (QED) is 0.599. The number of thiophene rings is 1. The Morgan fingerprint density at radius 1 is 1.29 bits per heavy atom. The van der Waals surface area contributed by atoms with E-state index in [1.807, 2.05) is 0 Å². The fourth-order valence-corrected chi connectivity index (χ4v) is 5.40. The number of aryl methyl sites for hydroxylation is 2. The number of morpholine rings is 1. The van der Waals surface area contributed by atoms with Crippen LogP contribution < -0.4 is 10.2 Å². The number of carbonyl (C=O) groups is 1. The number of hydrogen-bond donors (Lipinski definition) is 2. The average molecular weight is 402 g/mol. The van der Waals surface area contributed by atoms with Gasteiger partial charge in [-0.25, -0.2) is 14.5 Å². The molecule has 148 valence electrons. The van der Waals surface area contributed by atoms with E-state index in [4.69, 9.17) is 4.74 Å². The molecule has 0 spiro atoms. The van der Waals surface area contributed by atoms with Gasteiger partial charge < -0.3 is 15.0 Å². The maximum atomic E-state index is 12.5. The van der Waals surface area contributed by atoms with Crippen molar-refractivity contribution in [2.75, 3.05) is 39.4 Å². The number of amides is 1. The molecule has 4 heterocycles. The summed E-state index contributed by atoms with van der Waals surface area (Å²) in [5.74, 6) is 0.0155. The second-order valence-corrected chi connectivity index (χ2v) is 8.64. The van der Waals surface area contributed by atoms with E-state index in [1.54, 1.807) is 27.1 Å². The van der Waals surface area contributed by atoms with Gasteiger partial charge in [0, 0.05) is 17.8 Å². The fraction of sp³-hybridized carbons (Fsp3) is 0.579. The molecule has 0 saturated carbocycles. The predicted octanol–water partition coefficient (Wildman–Crippen LogP) is 0.253. The van der Waals surface area contributed by atoms with Gasteiger partial charge in [0.1, 0.15) is 24.2 Å². The molecule has 1 aliphatic heterocycles. The highest BCUT2D eigenvalue weighted by atomic mass is 32.1. The number of quaternary nitrogens is 1. The van der Waals surface area contributed by atoms with Crippen molar-refractivity contribution in [3.63, 3.8) is 0 Å². The lowest BCUT2D eigenvalue weighted by atomic mass is 9.97. The molecule has 0 unspecified atom stereocenters. The molecule has 2 aliphatic rings. The van der Waals surface area contributed by atoms with Gasteiger partial charge in [-0.3, -0.25) is 4.79 Å². The van der Waals surface area contributed by atoms with E-state index in [2.05, 4.69) is 20.4 Å². The van der Waals surface area contributed by atoms with Crippen molar-refractivity contribution in [3.05, 3.63) is 22.6 Å². The topological polar surface area (TPSA) is 85.8 Å². The zero-order chi connectivity index (χ0) is 18.9. The minimum absolute atomic E-state index is 0.210. The van der Waals surface area contributed by atoms with Gasteiger partial charge in [-0.05, 0) is 31.2 Å². The van der Waals surface area contributed by atoms with Crippen LogP contribution in [0.3, 0.4) is 0 Å². The molecule has 3 aromatic heterocycles. The molecule has 8 nitrogen and oxygen atoms in total. The Bertz CT molecular complexity index is 1010. The van der Waals surface area contributed by atoms with Crippen molar-refractivity contribution in [2.45, 2.75) is 32.1 Å². The van der Waals surface area contributed by atoms with Crippen LogP contribution in [0.5, 0.6) is 0 Å². The van der Waals surface area contributed by atoms with Crippen LogP contribution in [0, 0.1) is 0 Å². The number of rotatable bonds is 5. The summed E-state index contributed by atoms with van der Waals surface area (Å²) < 4.78 is 7.03. The first kappa shape index (κ1) is 18.0. The third kappa shape index (κ3) is 3.38. The van der Waals surface area contributed by atoms with Crippen LogP contribution in [0.1, 0.15) is 40.3 Å². The maximum absolute atomic E-state index is 12.5. The molecule has 3 aromatic rings. The highest BCUT2D eigenvalue weighted by Gasteiger charge is 2.22. The maximum Gasteiger partial charge on any atom is 0.290 e. The summed E-state index contributed by atoms with van der Waals surface area (Å²) in [5, 5.41) is 8.43. The van der Waals surface area contributed by atoms with Crippen LogP contribution in [0.25, 0.3) is 15.9 Å². The zero-order valence-corrected chi connectivity index (χ0v) is 16.7. The van der Waals surface area contributed by atoms with Crippen LogP contribution in [0.4, 0.5) is 0 Å². The van der Waals surface area contributed by atoms with Gasteiger partial charge >= 0.3 is 0 Å². The monoisotopic (exact) mass is 401 g/mol. The van der Waals surface area contributed by atoms with Gasteiger partial charge in [0.25, 0.3) is 5.91 Å². The number of nitrogens with zero attached hydrogens (tertiary/aromatic N) is 4. The summed E-state index contributed by atoms with van der Waals surface area (Å²) in [4.78, 5) is 25.6. The highest BCUT2D eigenvalue weighted by Crippen LogP contribution is 2.36. The Kier molecular flexibility index (Phi) is 4.96. The van der Waals surface area contributed by atoms with E-state index in [1.165, 1.54) is 23.3 Å². The third-order valence-corrected chi connectivity index (χ3v) is 6.89. The molecule has 1 amide bonds. The van der Waals surface area contributed by atoms with Gasteiger partial charge in [-0.1, -0.05) is 0 Å². The molecule has 1 saturated heterocycles. The number of fused-ring (bicyclic) bond motifs is 5. The standard InChI is InChI=1S/C19H24N6O2S/c26-18(20-6-3-7-24-8-10-27-11-9-24)16-22-17-15-13-4-1-2-5-14(13)28-19(15)21-12-25(17)23-16/h12H,1-11H2,(H,20,26)/p+1. The van der Waals surface area contributed by atoms with Crippen molar-refractivity contribution in [2.24, 2.45) is 0 Å². The smallest absolute Gasteiger partial charge is 0.290 e. The van der Waals surface area contributed by atoms with E-state index in [0.29, 0.717) is 6.54 Å². The minimum atomic E-state index is -0.210. The number of ether oxygens (including phenoxy) is 1. The molecule has 1 fully saturated rings. The summed E-state index contributed by atoms with van der Waals surface area (Å²) in [6, 6.07) is 0. The van der Waals surface area contributed by atoms with E-state index < -0.39 is 0 Å². The molecular formula is C19H25N6O2S+. The zero-order valence-electron chi connectivity index (χ0n) is 15.9. The Morgan fingerprint density at radius 2 is 2.14 bits per heavy atom. The van der Waals surface area contributed by atoms with Crippen molar-refractivity contribution in [1.29, 1.82) is 0 Å². The number of carbonyl (C=O) groups excluding carboxylic acids is 1.